The Morgan fingerprint density at radius 2 is 1.82 bits per heavy atom. The minimum absolute atomic E-state index is 0.0456. The molecule has 7 N–H and O–H groups in total. The Morgan fingerprint density at radius 1 is 1.18 bits per heavy atom. The monoisotopic (exact) mass is 686 g/mol. The summed E-state index contributed by atoms with van der Waals surface area (Å²) in [5, 5.41) is 22.1. The van der Waals surface area contributed by atoms with Crippen molar-refractivity contribution in [1.82, 2.24) is 4.90 Å². The van der Waals surface area contributed by atoms with Crippen LogP contribution < -0.4 is 5.73 Å². The van der Waals surface area contributed by atoms with E-state index in [2.05, 4.69) is 24.7 Å². The van der Waals surface area contributed by atoms with Gasteiger partial charge in [-0.1, -0.05) is 39.5 Å². The average molecular weight is 686 g/mol. The summed E-state index contributed by atoms with van der Waals surface area (Å²) in [5.74, 6) is 0.146. The molecule has 2 heterocycles. The van der Waals surface area contributed by atoms with Crippen LogP contribution >= 0.6 is 23.5 Å². The number of nitro groups is 1. The molecule has 1 fully saturated rings. The quantitative estimate of drug-likeness (QED) is 0.0987. The van der Waals surface area contributed by atoms with Crippen molar-refractivity contribution in [1.29, 1.82) is 0 Å². The van der Waals surface area contributed by atoms with Crippen molar-refractivity contribution in [2.75, 3.05) is 13.2 Å². The van der Waals surface area contributed by atoms with Crippen LogP contribution in [0.4, 0.5) is 5.69 Å². The fourth-order valence-electron chi connectivity index (χ4n) is 4.30. The summed E-state index contributed by atoms with van der Waals surface area (Å²) in [6.45, 7) is 8.36. The van der Waals surface area contributed by atoms with E-state index in [-0.39, 0.29) is 30.4 Å². The number of rotatable bonds is 13. The summed E-state index contributed by atoms with van der Waals surface area (Å²) in [7, 11) is -16.7. The highest BCUT2D eigenvalue weighted by atomic mass is 31.3. The van der Waals surface area contributed by atoms with E-state index in [1.807, 2.05) is 20.8 Å². The molecule has 0 radical (unpaired) electrons. The largest absolute Gasteiger partial charge is 0.490 e. The van der Waals surface area contributed by atoms with E-state index in [0.717, 1.165) is 0 Å². The highest BCUT2D eigenvalue weighted by Crippen LogP contribution is 2.66. The van der Waals surface area contributed by atoms with Gasteiger partial charge in [0.2, 0.25) is 0 Å². The van der Waals surface area contributed by atoms with Gasteiger partial charge in [0.1, 0.15) is 24.0 Å². The second-order valence-electron chi connectivity index (χ2n) is 10.7. The van der Waals surface area contributed by atoms with Crippen LogP contribution in [0, 0.1) is 15.5 Å². The predicted molar refractivity (Wildman–Crippen MR) is 151 cm³/mol. The molecule has 3 rings (SSSR count). The number of hydrogen-bond acceptors (Lipinski definition) is 14. The SMILES string of the molecule is C=C1N=C(N)C(COC(c2ccccc2[N+](=O)[O-])C(C)(C)C)=CN1[C@H]1CC(O)[C@@H](COP(=O)(O)OP(=O)(O)OP(=O)(O)O)O1. The molecule has 4 unspecified atom stereocenters. The number of hydrogen-bond donors (Lipinski definition) is 6. The van der Waals surface area contributed by atoms with E-state index in [1.165, 1.54) is 17.2 Å². The Balaban J connectivity index is 1.71. The van der Waals surface area contributed by atoms with Gasteiger partial charge < -0.3 is 44.8 Å². The molecule has 1 saturated heterocycles. The first-order chi connectivity index (χ1) is 20.1. The first-order valence-electron chi connectivity index (χ1n) is 12.6. The highest BCUT2D eigenvalue weighted by molar-refractivity contribution is 7.66. The molecule has 2 aliphatic rings. The van der Waals surface area contributed by atoms with Crippen molar-refractivity contribution < 1.29 is 65.9 Å². The summed E-state index contributed by atoms with van der Waals surface area (Å²) < 4.78 is 58.1. The molecule has 0 aliphatic carbocycles. The zero-order valence-corrected chi connectivity index (χ0v) is 26.3. The van der Waals surface area contributed by atoms with Gasteiger partial charge >= 0.3 is 23.5 Å². The zero-order chi connectivity index (χ0) is 33.3. The molecule has 2 aliphatic heterocycles. The van der Waals surface area contributed by atoms with Crippen LogP contribution in [0.5, 0.6) is 0 Å². The number of nitrogens with two attached hydrogens (primary N) is 1. The maximum atomic E-state index is 12.0. The smallest absolute Gasteiger partial charge is 0.390 e. The number of aliphatic imine (C=N–C) groups is 1. The Kier molecular flexibility index (Phi) is 11.1. The molecule has 44 heavy (non-hydrogen) atoms. The summed E-state index contributed by atoms with van der Waals surface area (Å²) in [6, 6.07) is 6.19. The van der Waals surface area contributed by atoms with Crippen LogP contribution in [-0.2, 0) is 36.3 Å². The van der Waals surface area contributed by atoms with E-state index in [0.29, 0.717) is 11.1 Å². The van der Waals surface area contributed by atoms with Crippen molar-refractivity contribution in [2.45, 2.75) is 51.7 Å². The van der Waals surface area contributed by atoms with Gasteiger partial charge in [-0.2, -0.15) is 8.62 Å². The lowest BCUT2D eigenvalue weighted by Gasteiger charge is -2.33. The van der Waals surface area contributed by atoms with Gasteiger partial charge in [0.15, 0.2) is 0 Å². The topological polar surface area (TPSA) is 283 Å². The standard InChI is InChI=1S/C22H33N4O15P3/c1-13-24-21(23)14(11-37-20(22(2,3)4)15-7-5-6-8-16(15)26(28)29)10-25(13)19-9-17(27)18(39-19)12-38-43(33,34)41-44(35,36)40-42(30,31)32/h5-8,10,17-20,27H,1,9,11-12H2,2-4H3,(H2,23,24)(H,33,34)(H,35,36)(H2,30,31,32)/t17?,18-,19-,20?/m1/s1. The van der Waals surface area contributed by atoms with Crippen molar-refractivity contribution in [3.63, 3.8) is 0 Å². The highest BCUT2D eigenvalue weighted by Gasteiger charge is 2.44. The van der Waals surface area contributed by atoms with Crippen LogP contribution in [0.1, 0.15) is 38.9 Å². The lowest BCUT2D eigenvalue weighted by molar-refractivity contribution is -0.386. The third kappa shape index (κ3) is 9.83. The van der Waals surface area contributed by atoms with E-state index < -0.39 is 65.0 Å². The Labute approximate surface area is 251 Å². The molecule has 0 saturated carbocycles. The Morgan fingerprint density at radius 3 is 2.41 bits per heavy atom. The maximum absolute atomic E-state index is 12.0. The molecule has 0 aromatic heterocycles. The number of amidine groups is 1. The summed E-state index contributed by atoms with van der Waals surface area (Å²) in [6.07, 6.45) is -2.91. The number of para-hydroxylation sites is 1. The molecular formula is C22H33N4O15P3. The minimum atomic E-state index is -5.72. The van der Waals surface area contributed by atoms with Crippen LogP contribution in [0.2, 0.25) is 0 Å². The van der Waals surface area contributed by atoms with Gasteiger partial charge in [-0.25, -0.2) is 18.7 Å². The Bertz CT molecular complexity index is 1470. The van der Waals surface area contributed by atoms with E-state index in [9.17, 15) is 38.7 Å². The van der Waals surface area contributed by atoms with Crippen molar-refractivity contribution in [2.24, 2.45) is 16.1 Å². The van der Waals surface area contributed by atoms with Gasteiger partial charge in [-0.3, -0.25) is 14.6 Å². The molecule has 0 spiro atoms. The number of aliphatic hydroxyl groups is 1. The van der Waals surface area contributed by atoms with Gasteiger partial charge in [0.05, 0.1) is 35.9 Å². The lowest BCUT2D eigenvalue weighted by Crippen LogP contribution is -2.36. The van der Waals surface area contributed by atoms with Gasteiger partial charge in [-0.15, -0.1) is 0 Å². The first-order valence-corrected chi connectivity index (χ1v) is 17.1. The van der Waals surface area contributed by atoms with E-state index >= 15 is 0 Å². The average Bonchev–Trinajstić information content (AvgIpc) is 3.21. The summed E-state index contributed by atoms with van der Waals surface area (Å²) >= 11 is 0. The van der Waals surface area contributed by atoms with Crippen molar-refractivity contribution in [3.8, 4) is 0 Å². The van der Waals surface area contributed by atoms with Crippen LogP contribution in [0.25, 0.3) is 0 Å². The number of phosphoric acid groups is 3. The molecule has 1 aromatic rings. The molecular weight excluding hydrogens is 653 g/mol. The molecule has 0 bridgehead atoms. The second-order valence-corrected chi connectivity index (χ2v) is 15.1. The fraction of sp³-hybridized carbons (Fsp3) is 0.500. The fourth-order valence-corrected chi connectivity index (χ4v) is 7.33. The normalized spacial score (nSPS) is 24.7. The van der Waals surface area contributed by atoms with Crippen LogP contribution in [-0.4, -0.2) is 72.0 Å². The van der Waals surface area contributed by atoms with Crippen LogP contribution in [0.3, 0.4) is 0 Å². The maximum Gasteiger partial charge on any atom is 0.490 e. The van der Waals surface area contributed by atoms with Gasteiger partial charge in [0, 0.05) is 24.3 Å². The number of ether oxygens (including phenoxy) is 2. The Hall–Kier alpha value is -2.34. The summed E-state index contributed by atoms with van der Waals surface area (Å²) in [4.78, 5) is 53.0. The number of aliphatic hydroxyl groups excluding tert-OH is 1. The third-order valence-corrected chi connectivity index (χ3v) is 9.91. The van der Waals surface area contributed by atoms with Gasteiger partial charge in [0.25, 0.3) is 5.69 Å². The zero-order valence-electron chi connectivity index (χ0n) is 23.6. The molecule has 19 nitrogen and oxygen atoms in total. The number of nitro benzene ring substituents is 1. The molecule has 22 heteroatoms. The molecule has 0 amide bonds. The molecule has 246 valence electrons. The van der Waals surface area contributed by atoms with Crippen molar-refractivity contribution >= 4 is 35.0 Å². The number of nitrogens with zero attached hydrogens (tertiary/aromatic N) is 3. The number of phosphoric ester groups is 1. The number of benzene rings is 1. The predicted octanol–water partition coefficient (Wildman–Crippen LogP) is 2.55. The second kappa shape index (κ2) is 13.6. The van der Waals surface area contributed by atoms with Gasteiger partial charge in [-0.05, 0) is 11.5 Å². The first kappa shape index (κ1) is 36.1. The van der Waals surface area contributed by atoms with Crippen molar-refractivity contribution in [3.05, 3.63) is 64.1 Å². The van der Waals surface area contributed by atoms with E-state index in [4.69, 9.17) is 25.0 Å². The third-order valence-electron chi connectivity index (χ3n) is 6.11. The van der Waals surface area contributed by atoms with Crippen LogP contribution in [0.15, 0.2) is 53.4 Å². The molecule has 1 aromatic carbocycles. The minimum Gasteiger partial charge on any atom is -0.390 e. The lowest BCUT2D eigenvalue weighted by atomic mass is 9.84. The summed E-state index contributed by atoms with van der Waals surface area (Å²) in [5.41, 5.74) is 6.12. The van der Waals surface area contributed by atoms with E-state index in [1.54, 1.807) is 18.2 Å². The molecule has 6 atom stereocenters.